The van der Waals surface area contributed by atoms with Gasteiger partial charge in [-0.1, -0.05) is 57.3 Å². The van der Waals surface area contributed by atoms with E-state index in [0.29, 0.717) is 29.0 Å². The zero-order valence-electron chi connectivity index (χ0n) is 34.1. The van der Waals surface area contributed by atoms with E-state index in [9.17, 15) is 57.1 Å². The molecule has 6 aromatic carbocycles. The second kappa shape index (κ2) is 24.7. The number of hydrogen-bond acceptors (Lipinski definition) is 6. The van der Waals surface area contributed by atoms with Crippen molar-refractivity contribution in [2.75, 3.05) is 0 Å². The van der Waals surface area contributed by atoms with E-state index >= 15 is 0 Å². The van der Waals surface area contributed by atoms with Crippen molar-refractivity contribution in [3.8, 4) is 34.5 Å². The first-order chi connectivity index (χ1) is 30.1. The summed E-state index contributed by atoms with van der Waals surface area (Å²) in [6, 6.07) is 20.9. The summed E-state index contributed by atoms with van der Waals surface area (Å²) in [4.78, 5) is 0. The van der Waals surface area contributed by atoms with Gasteiger partial charge in [-0.15, -0.1) is 0 Å². The predicted octanol–water partition coefficient (Wildman–Crippen LogP) is 15.9. The Bertz CT molecular complexity index is 2460. The number of alkyl halides is 12. The van der Waals surface area contributed by atoms with Crippen LogP contribution in [0.2, 0.25) is 10.0 Å². The van der Waals surface area contributed by atoms with Crippen LogP contribution in [0, 0.1) is 33.5 Å². The van der Waals surface area contributed by atoms with Gasteiger partial charge in [-0.05, 0) is 130 Å². The van der Waals surface area contributed by atoms with Crippen LogP contribution in [0.3, 0.4) is 0 Å². The second-order valence-electron chi connectivity index (χ2n) is 13.1. The van der Waals surface area contributed by atoms with Gasteiger partial charge in [0.05, 0.1) is 32.3 Å². The van der Waals surface area contributed by atoms with Gasteiger partial charge in [0.2, 0.25) is 0 Å². The Labute approximate surface area is 386 Å². The van der Waals surface area contributed by atoms with Crippen molar-refractivity contribution in [3.05, 3.63) is 174 Å². The molecule has 0 aliphatic rings. The number of halogens is 16. The molecule has 0 aliphatic heterocycles. The van der Waals surface area contributed by atoms with Crippen LogP contribution in [-0.2, 0) is 24.7 Å². The highest BCUT2D eigenvalue weighted by molar-refractivity contribution is 9.10. The van der Waals surface area contributed by atoms with E-state index < -0.39 is 62.8 Å². The molecule has 0 atom stereocenters. The summed E-state index contributed by atoms with van der Waals surface area (Å²) >= 11 is 13.8. The van der Waals surface area contributed by atoms with Crippen molar-refractivity contribution in [3.63, 3.8) is 0 Å². The van der Waals surface area contributed by atoms with Crippen molar-refractivity contribution in [2.45, 2.75) is 52.4 Å². The van der Waals surface area contributed by atoms with E-state index in [0.717, 1.165) is 52.5 Å². The summed E-state index contributed by atoms with van der Waals surface area (Å²) in [6.07, 6.45) is -17.8. The molecule has 66 heavy (non-hydrogen) atoms. The fourth-order valence-electron chi connectivity index (χ4n) is 4.50. The van der Waals surface area contributed by atoms with E-state index in [1.54, 1.807) is 12.1 Å². The van der Waals surface area contributed by atoms with Gasteiger partial charge in [0.1, 0.15) is 40.3 Å². The van der Waals surface area contributed by atoms with Crippen LogP contribution < -0.4 is 0 Å². The molecule has 6 aromatic rings. The SMILES string of the molecule is Cc1c(O)cccc1C(F)(F)F.Cc1c(O)cccc1F.Cc1cc(O)cc(C(F)(F)F)c1.Cc1ccc(O)cc1Br.Oc1ccc(C(F)(F)F)c(Cl)c1.Oc1ccc(Cl)c(C(F)(F)F)c1. The molecule has 0 aliphatic carbocycles. The number of benzene rings is 6. The lowest BCUT2D eigenvalue weighted by atomic mass is 10.1. The third kappa shape index (κ3) is 20.2. The van der Waals surface area contributed by atoms with Crippen LogP contribution in [0.15, 0.2) is 114 Å². The van der Waals surface area contributed by atoms with Crippen molar-refractivity contribution in [1.29, 1.82) is 0 Å². The molecule has 360 valence electrons. The lowest BCUT2D eigenvalue weighted by molar-refractivity contribution is -0.138. The average Bonchev–Trinajstić information content (AvgIpc) is 3.17. The van der Waals surface area contributed by atoms with Gasteiger partial charge < -0.3 is 30.6 Å². The summed E-state index contributed by atoms with van der Waals surface area (Å²) < 4.78 is 158. The largest absolute Gasteiger partial charge is 0.508 e. The first-order valence-electron chi connectivity index (χ1n) is 17.8. The fraction of sp³-hybridized carbons (Fsp3) is 0.182. The van der Waals surface area contributed by atoms with Gasteiger partial charge >= 0.3 is 24.7 Å². The molecule has 6 nitrogen and oxygen atoms in total. The van der Waals surface area contributed by atoms with Gasteiger partial charge in [-0.3, -0.25) is 0 Å². The molecule has 0 saturated heterocycles. The van der Waals surface area contributed by atoms with Gasteiger partial charge in [0, 0.05) is 15.6 Å². The third-order valence-electron chi connectivity index (χ3n) is 7.91. The Kier molecular flexibility index (Phi) is 21.8. The summed E-state index contributed by atoms with van der Waals surface area (Å²) in [5.74, 6) is -1.48. The molecule has 0 fully saturated rings. The second-order valence-corrected chi connectivity index (χ2v) is 14.8. The molecule has 0 radical (unpaired) electrons. The van der Waals surface area contributed by atoms with Crippen LogP contribution in [0.25, 0.3) is 0 Å². The minimum Gasteiger partial charge on any atom is -0.508 e. The summed E-state index contributed by atoms with van der Waals surface area (Å²) in [5, 5.41) is 52.2. The molecule has 6 N–H and O–H groups in total. The molecular weight excluding hydrogens is 1020 g/mol. The highest BCUT2D eigenvalue weighted by Gasteiger charge is 2.35. The minimum absolute atomic E-state index is 0.00926. The zero-order valence-corrected chi connectivity index (χ0v) is 37.2. The molecule has 6 rings (SSSR count). The summed E-state index contributed by atoms with van der Waals surface area (Å²) in [7, 11) is 0. The normalized spacial score (nSPS) is 11.1. The molecule has 22 heteroatoms. The lowest BCUT2D eigenvalue weighted by Crippen LogP contribution is -2.06. The Morgan fingerprint density at radius 1 is 0.424 bits per heavy atom. The highest BCUT2D eigenvalue weighted by atomic mass is 79.9. The van der Waals surface area contributed by atoms with E-state index in [2.05, 4.69) is 15.9 Å². The number of phenols is 6. The number of hydrogen-bond donors (Lipinski definition) is 6. The molecule has 0 amide bonds. The van der Waals surface area contributed by atoms with Crippen molar-refractivity contribution < 1.29 is 87.7 Å². The number of aromatic hydroxyl groups is 6. The molecule has 0 heterocycles. The predicted molar refractivity (Wildman–Crippen MR) is 225 cm³/mol. The van der Waals surface area contributed by atoms with Crippen molar-refractivity contribution in [1.82, 2.24) is 0 Å². The fourth-order valence-corrected chi connectivity index (χ4v) is 5.37. The summed E-state index contributed by atoms with van der Waals surface area (Å²) in [6.45, 7) is 6.24. The standard InChI is InChI=1S/2C8H7F3O.C7H7BrO.2C7H4ClF3O.C7H7FO/c1-5-2-6(8(9,10)11)4-7(12)3-5;1-5-6(8(9,10)11)3-2-4-7(5)12;1-5-2-3-6(9)4-7(5)8;8-6-2-1-4(12)3-5(6)7(9,10)11;8-6-3-4(12)1-2-5(6)7(9,10)11;1-5-6(8)3-2-4-7(5)9/h2*2-4,12H,1H3;2-4,9H,1H3;2*1-3,12H;2-4,9H,1H3. The third-order valence-corrected chi connectivity index (χ3v) is 9.40. The van der Waals surface area contributed by atoms with E-state index in [-0.39, 0.29) is 34.4 Å². The molecule has 0 saturated carbocycles. The van der Waals surface area contributed by atoms with Crippen molar-refractivity contribution >= 4 is 39.1 Å². The van der Waals surface area contributed by atoms with Crippen LogP contribution >= 0.6 is 39.1 Å². The Balaban J connectivity index is 0.000000398. The minimum atomic E-state index is -4.52. The van der Waals surface area contributed by atoms with Gasteiger partial charge in [0.15, 0.2) is 0 Å². The van der Waals surface area contributed by atoms with Crippen LogP contribution in [0.5, 0.6) is 34.5 Å². The quantitative estimate of drug-likeness (QED) is 0.0843. The number of phenolic OH excluding ortho intramolecular Hbond substituents is 6. The molecular formula is C44H36BrCl2F13O6. The first-order valence-corrected chi connectivity index (χ1v) is 19.3. The van der Waals surface area contributed by atoms with E-state index in [1.165, 1.54) is 57.2 Å². The molecule has 0 spiro atoms. The topological polar surface area (TPSA) is 121 Å². The molecule has 0 unspecified atom stereocenters. The maximum absolute atomic E-state index is 12.4. The highest BCUT2D eigenvalue weighted by Crippen LogP contribution is 2.38. The average molecular weight is 1060 g/mol. The van der Waals surface area contributed by atoms with Gasteiger partial charge in [0.25, 0.3) is 0 Å². The lowest BCUT2D eigenvalue weighted by Gasteiger charge is -2.10. The van der Waals surface area contributed by atoms with Gasteiger partial charge in [-0.2, -0.15) is 52.7 Å². The number of rotatable bonds is 0. The van der Waals surface area contributed by atoms with E-state index in [4.69, 9.17) is 53.8 Å². The van der Waals surface area contributed by atoms with Crippen molar-refractivity contribution in [2.24, 2.45) is 0 Å². The maximum atomic E-state index is 12.4. The zero-order chi connectivity index (χ0) is 51.1. The van der Waals surface area contributed by atoms with Crippen LogP contribution in [-0.4, -0.2) is 30.6 Å². The van der Waals surface area contributed by atoms with Gasteiger partial charge in [-0.25, -0.2) is 4.39 Å². The van der Waals surface area contributed by atoms with Crippen LogP contribution in [0.1, 0.15) is 44.5 Å². The Morgan fingerprint density at radius 3 is 1.30 bits per heavy atom. The monoisotopic (exact) mass is 1060 g/mol. The molecule has 0 aromatic heterocycles. The smallest absolute Gasteiger partial charge is 0.417 e. The Morgan fingerprint density at radius 2 is 0.894 bits per heavy atom. The maximum Gasteiger partial charge on any atom is 0.417 e. The Hall–Kier alpha value is -5.73. The number of aryl methyl sites for hydroxylation is 2. The summed E-state index contributed by atoms with van der Waals surface area (Å²) in [5.41, 5.74) is -1.88. The van der Waals surface area contributed by atoms with Crippen LogP contribution in [0.4, 0.5) is 57.1 Å². The first kappa shape index (κ1) is 58.3. The van der Waals surface area contributed by atoms with E-state index in [1.807, 2.05) is 13.0 Å². The molecule has 0 bridgehead atoms.